The summed E-state index contributed by atoms with van der Waals surface area (Å²) in [5, 5.41) is 18.7. The number of carbonyl (C=O) groups excluding carboxylic acids is 1. The van der Waals surface area contributed by atoms with Gasteiger partial charge in [-0.2, -0.15) is 0 Å². The Hall–Kier alpha value is -3.57. The van der Waals surface area contributed by atoms with Gasteiger partial charge in [-0.15, -0.1) is 5.10 Å². The molecule has 3 aromatic rings. The molecule has 26 heavy (non-hydrogen) atoms. The molecule has 0 aliphatic carbocycles. The van der Waals surface area contributed by atoms with Crippen LogP contribution < -0.4 is 4.90 Å². The van der Waals surface area contributed by atoms with Crippen molar-refractivity contribution in [3.05, 3.63) is 34.3 Å². The molecule has 0 saturated carbocycles. The molecular weight excluding hydrogens is 344 g/mol. The van der Waals surface area contributed by atoms with E-state index in [1.165, 1.54) is 18.5 Å². The highest BCUT2D eigenvalue weighted by Crippen LogP contribution is 2.22. The standard InChI is InChI=1S/C14H14N8O4/c1-19-12-11(17-18-19)13(16-8-15-12)20-4-6-21(7-5-20)14(23)9-2-3-10(26-9)22(24)25/h2-3,8H,4-7H2,1H3. The van der Waals surface area contributed by atoms with Crippen molar-refractivity contribution < 1.29 is 14.1 Å². The van der Waals surface area contributed by atoms with E-state index in [0.717, 1.165) is 0 Å². The highest BCUT2D eigenvalue weighted by Gasteiger charge is 2.27. The number of amides is 1. The quantitative estimate of drug-likeness (QED) is 0.475. The predicted octanol–water partition coefficient (Wildman–Crippen LogP) is 0.222. The van der Waals surface area contributed by atoms with Gasteiger partial charge in [0, 0.05) is 33.2 Å². The summed E-state index contributed by atoms with van der Waals surface area (Å²) in [5.74, 6) is -0.185. The molecule has 0 atom stereocenters. The molecule has 0 spiro atoms. The second kappa shape index (κ2) is 6.06. The SMILES string of the molecule is Cn1nnc2c(N3CCN(C(=O)c4ccc([N+](=O)[O-])o4)CC3)ncnc21. The van der Waals surface area contributed by atoms with Crippen molar-refractivity contribution >= 4 is 28.8 Å². The first kappa shape index (κ1) is 15.9. The Morgan fingerprint density at radius 1 is 1.23 bits per heavy atom. The van der Waals surface area contributed by atoms with E-state index >= 15 is 0 Å². The molecule has 0 unspecified atom stereocenters. The summed E-state index contributed by atoms with van der Waals surface area (Å²) >= 11 is 0. The Morgan fingerprint density at radius 3 is 2.69 bits per heavy atom. The Bertz CT molecular complexity index is 988. The smallest absolute Gasteiger partial charge is 0.395 e. The minimum absolute atomic E-state index is 0.0384. The number of nitrogens with zero attached hydrogens (tertiary/aromatic N) is 8. The summed E-state index contributed by atoms with van der Waals surface area (Å²) in [5.41, 5.74) is 1.24. The normalized spacial score (nSPS) is 14.8. The van der Waals surface area contributed by atoms with E-state index in [1.807, 2.05) is 4.90 Å². The monoisotopic (exact) mass is 358 g/mol. The average molecular weight is 358 g/mol. The van der Waals surface area contributed by atoms with E-state index in [1.54, 1.807) is 16.6 Å². The molecule has 12 heteroatoms. The number of furan rings is 1. The average Bonchev–Trinajstić information content (AvgIpc) is 3.29. The molecule has 3 aromatic heterocycles. The molecule has 4 heterocycles. The number of fused-ring (bicyclic) bond motifs is 1. The van der Waals surface area contributed by atoms with Crippen molar-refractivity contribution in [1.29, 1.82) is 0 Å². The first-order valence-electron chi connectivity index (χ1n) is 7.83. The Kier molecular flexibility index (Phi) is 3.71. The number of nitro groups is 1. The molecule has 1 saturated heterocycles. The lowest BCUT2D eigenvalue weighted by Crippen LogP contribution is -2.49. The summed E-state index contributed by atoms with van der Waals surface area (Å²) in [4.78, 5) is 34.5. The Labute approximate surface area is 146 Å². The van der Waals surface area contributed by atoms with Crippen molar-refractivity contribution in [3.63, 3.8) is 0 Å². The number of anilines is 1. The van der Waals surface area contributed by atoms with E-state index in [0.29, 0.717) is 43.2 Å². The second-order valence-electron chi connectivity index (χ2n) is 5.76. The first-order valence-corrected chi connectivity index (χ1v) is 7.83. The van der Waals surface area contributed by atoms with Crippen LogP contribution in [0.2, 0.25) is 0 Å². The van der Waals surface area contributed by atoms with Crippen molar-refractivity contribution in [2.24, 2.45) is 7.05 Å². The molecule has 4 rings (SSSR count). The van der Waals surface area contributed by atoms with Crippen molar-refractivity contribution in [2.75, 3.05) is 31.1 Å². The topological polar surface area (TPSA) is 136 Å². The van der Waals surface area contributed by atoms with Gasteiger partial charge < -0.3 is 14.2 Å². The van der Waals surface area contributed by atoms with Crippen molar-refractivity contribution in [2.45, 2.75) is 0 Å². The summed E-state index contributed by atoms with van der Waals surface area (Å²) < 4.78 is 6.56. The zero-order valence-electron chi connectivity index (χ0n) is 13.8. The van der Waals surface area contributed by atoms with Crippen molar-refractivity contribution in [3.8, 4) is 0 Å². The third kappa shape index (κ3) is 2.60. The van der Waals surface area contributed by atoms with Crippen LogP contribution in [0.5, 0.6) is 0 Å². The lowest BCUT2D eigenvalue weighted by Gasteiger charge is -2.34. The van der Waals surface area contributed by atoms with Crippen LogP contribution in [0, 0.1) is 10.1 Å². The van der Waals surface area contributed by atoms with Gasteiger partial charge in [0.2, 0.25) is 0 Å². The van der Waals surface area contributed by atoms with Gasteiger partial charge in [0.05, 0.1) is 6.07 Å². The summed E-state index contributed by atoms with van der Waals surface area (Å²) in [6.07, 6.45) is 1.46. The van der Waals surface area contributed by atoms with Crippen LogP contribution in [0.4, 0.5) is 11.7 Å². The van der Waals surface area contributed by atoms with E-state index in [2.05, 4.69) is 20.3 Å². The zero-order valence-corrected chi connectivity index (χ0v) is 13.8. The molecule has 0 bridgehead atoms. The second-order valence-corrected chi connectivity index (χ2v) is 5.76. The maximum Gasteiger partial charge on any atom is 0.433 e. The number of hydrogen-bond acceptors (Lipinski definition) is 9. The third-order valence-electron chi connectivity index (χ3n) is 4.22. The van der Waals surface area contributed by atoms with E-state index < -0.39 is 10.8 Å². The van der Waals surface area contributed by atoms with E-state index in [-0.39, 0.29) is 11.7 Å². The van der Waals surface area contributed by atoms with E-state index in [9.17, 15) is 14.9 Å². The zero-order chi connectivity index (χ0) is 18.3. The number of rotatable bonds is 3. The lowest BCUT2D eigenvalue weighted by atomic mass is 10.2. The van der Waals surface area contributed by atoms with Crippen LogP contribution in [-0.4, -0.2) is 66.9 Å². The van der Waals surface area contributed by atoms with Crippen molar-refractivity contribution in [1.82, 2.24) is 29.9 Å². The fourth-order valence-corrected chi connectivity index (χ4v) is 2.89. The van der Waals surface area contributed by atoms with Crippen LogP contribution in [0.25, 0.3) is 11.2 Å². The molecule has 12 nitrogen and oxygen atoms in total. The summed E-state index contributed by atoms with van der Waals surface area (Å²) in [6, 6.07) is 2.50. The highest BCUT2D eigenvalue weighted by molar-refractivity contribution is 5.92. The maximum absolute atomic E-state index is 12.4. The van der Waals surface area contributed by atoms with Gasteiger partial charge in [0.15, 0.2) is 22.7 Å². The predicted molar refractivity (Wildman–Crippen MR) is 87.6 cm³/mol. The minimum Gasteiger partial charge on any atom is -0.395 e. The molecule has 1 aliphatic rings. The molecule has 134 valence electrons. The fraction of sp³-hybridized carbons (Fsp3) is 0.357. The van der Waals surface area contributed by atoms with Crippen LogP contribution in [0.3, 0.4) is 0 Å². The van der Waals surface area contributed by atoms with Crippen LogP contribution in [0.15, 0.2) is 22.9 Å². The molecule has 1 aliphatic heterocycles. The highest BCUT2D eigenvalue weighted by atomic mass is 16.6. The largest absolute Gasteiger partial charge is 0.433 e. The van der Waals surface area contributed by atoms with Gasteiger partial charge >= 0.3 is 5.88 Å². The lowest BCUT2D eigenvalue weighted by molar-refractivity contribution is -0.402. The third-order valence-corrected chi connectivity index (χ3v) is 4.22. The van der Waals surface area contributed by atoms with Gasteiger partial charge in [0.25, 0.3) is 5.91 Å². The molecular formula is C14H14N8O4. The molecule has 0 radical (unpaired) electrons. The first-order chi connectivity index (χ1) is 12.5. The van der Waals surface area contributed by atoms with Gasteiger partial charge in [-0.1, -0.05) is 5.21 Å². The minimum atomic E-state index is -0.671. The van der Waals surface area contributed by atoms with Gasteiger partial charge in [0.1, 0.15) is 11.3 Å². The number of aromatic nitrogens is 5. The van der Waals surface area contributed by atoms with Gasteiger partial charge in [-0.3, -0.25) is 14.9 Å². The molecule has 0 N–H and O–H groups in total. The van der Waals surface area contributed by atoms with Gasteiger partial charge in [-0.25, -0.2) is 14.6 Å². The number of hydrogen-bond donors (Lipinski definition) is 0. The maximum atomic E-state index is 12.4. The van der Waals surface area contributed by atoms with Crippen LogP contribution in [0.1, 0.15) is 10.6 Å². The van der Waals surface area contributed by atoms with E-state index in [4.69, 9.17) is 4.42 Å². The number of aryl methyl sites for hydroxylation is 1. The molecule has 1 amide bonds. The summed E-state index contributed by atoms with van der Waals surface area (Å²) in [7, 11) is 1.76. The van der Waals surface area contributed by atoms with Gasteiger partial charge in [-0.05, 0) is 6.07 Å². The number of piperazine rings is 1. The fourth-order valence-electron chi connectivity index (χ4n) is 2.89. The van der Waals surface area contributed by atoms with Crippen LogP contribution >= 0.6 is 0 Å². The molecule has 1 fully saturated rings. The van der Waals surface area contributed by atoms with Crippen LogP contribution in [-0.2, 0) is 7.05 Å². The molecule has 0 aromatic carbocycles. The number of carbonyl (C=O) groups is 1. The Morgan fingerprint density at radius 2 is 2.00 bits per heavy atom. The Balaban J connectivity index is 1.48. The summed E-state index contributed by atoms with van der Waals surface area (Å²) in [6.45, 7) is 1.94.